The third kappa shape index (κ3) is 3.99. The summed E-state index contributed by atoms with van der Waals surface area (Å²) in [4.78, 5) is 15.2. The number of carbonyl (C=O) groups is 1. The summed E-state index contributed by atoms with van der Waals surface area (Å²) < 4.78 is 0. The molecule has 0 aliphatic heterocycles. The minimum atomic E-state index is -0.385. The number of rotatable bonds is 5. The lowest BCUT2D eigenvalue weighted by Gasteiger charge is -2.21. The molecule has 21 heavy (non-hydrogen) atoms. The average Bonchev–Trinajstić information content (AvgIpc) is 2.47. The van der Waals surface area contributed by atoms with E-state index in [1.807, 2.05) is 26.0 Å². The van der Waals surface area contributed by atoms with Crippen LogP contribution in [0.1, 0.15) is 19.4 Å². The van der Waals surface area contributed by atoms with E-state index < -0.39 is 0 Å². The first-order chi connectivity index (χ1) is 9.94. The molecule has 1 amide bonds. The number of phenols is 1. The molecule has 1 aromatic carbocycles. The standard InChI is InChI=1S/C16H21N3O2/c1-5-19(6-2)14-8-7-12(15(20)10-14)9-13(11-17)16(21)18(3)4/h7-10,20H,5-6H2,1-4H3/b13-9-. The number of benzene rings is 1. The second-order valence-electron chi connectivity index (χ2n) is 4.78. The molecule has 0 heterocycles. The minimum absolute atomic E-state index is 0.00844. The van der Waals surface area contributed by atoms with Crippen LogP contribution in [0.15, 0.2) is 23.8 Å². The van der Waals surface area contributed by atoms with Crippen molar-refractivity contribution in [1.29, 1.82) is 5.26 Å². The predicted octanol–water partition coefficient (Wildman–Crippen LogP) is 2.23. The Morgan fingerprint density at radius 1 is 1.33 bits per heavy atom. The van der Waals surface area contributed by atoms with Crippen LogP contribution in [0.3, 0.4) is 0 Å². The molecule has 1 N–H and O–H groups in total. The predicted molar refractivity (Wildman–Crippen MR) is 84.0 cm³/mol. The van der Waals surface area contributed by atoms with Crippen LogP contribution in [-0.4, -0.2) is 43.1 Å². The molecule has 0 bridgehead atoms. The number of amides is 1. The molecule has 1 rings (SSSR count). The van der Waals surface area contributed by atoms with Gasteiger partial charge in [0, 0.05) is 44.5 Å². The summed E-state index contributed by atoms with van der Waals surface area (Å²) in [6.45, 7) is 5.76. The van der Waals surface area contributed by atoms with E-state index in [0.717, 1.165) is 18.8 Å². The van der Waals surface area contributed by atoms with Crippen molar-refractivity contribution >= 4 is 17.7 Å². The molecule has 0 atom stereocenters. The van der Waals surface area contributed by atoms with Crippen LogP contribution in [0, 0.1) is 11.3 Å². The number of hydrogen-bond acceptors (Lipinski definition) is 4. The number of nitrogens with zero attached hydrogens (tertiary/aromatic N) is 3. The van der Waals surface area contributed by atoms with Gasteiger partial charge in [0.1, 0.15) is 17.4 Å². The van der Waals surface area contributed by atoms with Gasteiger partial charge < -0.3 is 14.9 Å². The van der Waals surface area contributed by atoms with Gasteiger partial charge in [0.05, 0.1) is 0 Å². The molecule has 0 radical (unpaired) electrons. The second kappa shape index (κ2) is 7.34. The van der Waals surface area contributed by atoms with Gasteiger partial charge in [-0.25, -0.2) is 0 Å². The molecule has 0 aliphatic carbocycles. The van der Waals surface area contributed by atoms with Crippen LogP contribution in [0.4, 0.5) is 5.69 Å². The van der Waals surface area contributed by atoms with E-state index in [1.54, 1.807) is 26.2 Å². The molecule has 0 unspecified atom stereocenters. The fraction of sp³-hybridized carbons (Fsp3) is 0.375. The quantitative estimate of drug-likeness (QED) is 0.666. The van der Waals surface area contributed by atoms with Gasteiger partial charge >= 0.3 is 0 Å². The van der Waals surface area contributed by atoms with Crippen molar-refractivity contribution in [3.8, 4) is 11.8 Å². The lowest BCUT2D eigenvalue weighted by molar-refractivity contribution is -0.124. The molecule has 0 aromatic heterocycles. The van der Waals surface area contributed by atoms with Crippen LogP contribution in [-0.2, 0) is 4.79 Å². The number of phenolic OH excluding ortho intramolecular Hbond substituents is 1. The summed E-state index contributed by atoms with van der Waals surface area (Å²) in [6, 6.07) is 7.09. The monoisotopic (exact) mass is 287 g/mol. The first-order valence-corrected chi connectivity index (χ1v) is 6.86. The van der Waals surface area contributed by atoms with Crippen LogP contribution in [0.2, 0.25) is 0 Å². The van der Waals surface area contributed by atoms with Crippen molar-refractivity contribution in [2.75, 3.05) is 32.1 Å². The van der Waals surface area contributed by atoms with Crippen molar-refractivity contribution in [3.63, 3.8) is 0 Å². The van der Waals surface area contributed by atoms with Gasteiger partial charge in [-0.1, -0.05) is 0 Å². The molecule has 1 aromatic rings. The molecule has 0 aliphatic rings. The van der Waals surface area contributed by atoms with Crippen molar-refractivity contribution in [3.05, 3.63) is 29.3 Å². The van der Waals surface area contributed by atoms with E-state index in [0.29, 0.717) is 5.56 Å². The Balaban J connectivity index is 3.16. The highest BCUT2D eigenvalue weighted by Crippen LogP contribution is 2.26. The number of aromatic hydroxyl groups is 1. The van der Waals surface area contributed by atoms with E-state index in [2.05, 4.69) is 4.90 Å². The molecular formula is C16H21N3O2. The summed E-state index contributed by atoms with van der Waals surface area (Å²) in [7, 11) is 3.16. The van der Waals surface area contributed by atoms with Crippen molar-refractivity contribution in [2.45, 2.75) is 13.8 Å². The van der Waals surface area contributed by atoms with Crippen LogP contribution >= 0.6 is 0 Å². The fourth-order valence-electron chi connectivity index (χ4n) is 1.98. The van der Waals surface area contributed by atoms with E-state index in [-0.39, 0.29) is 17.2 Å². The first-order valence-electron chi connectivity index (χ1n) is 6.86. The number of likely N-dealkylation sites (N-methyl/N-ethyl adjacent to an activating group) is 1. The summed E-state index contributed by atoms with van der Waals surface area (Å²) >= 11 is 0. The minimum Gasteiger partial charge on any atom is -0.507 e. The molecular weight excluding hydrogens is 266 g/mol. The van der Waals surface area contributed by atoms with Gasteiger partial charge in [0.15, 0.2) is 0 Å². The topological polar surface area (TPSA) is 67.6 Å². The smallest absolute Gasteiger partial charge is 0.264 e. The van der Waals surface area contributed by atoms with E-state index in [1.165, 1.54) is 11.0 Å². The van der Waals surface area contributed by atoms with Gasteiger partial charge in [-0.05, 0) is 32.1 Å². The van der Waals surface area contributed by atoms with Crippen LogP contribution in [0.5, 0.6) is 5.75 Å². The fourth-order valence-corrected chi connectivity index (χ4v) is 1.98. The molecule has 112 valence electrons. The Bertz CT molecular complexity index is 582. The molecule has 0 saturated heterocycles. The van der Waals surface area contributed by atoms with Gasteiger partial charge in [-0.2, -0.15) is 5.26 Å². The highest BCUT2D eigenvalue weighted by atomic mass is 16.3. The van der Waals surface area contributed by atoms with Crippen molar-refractivity contribution in [1.82, 2.24) is 4.90 Å². The second-order valence-corrected chi connectivity index (χ2v) is 4.78. The Kier molecular flexibility index (Phi) is 5.79. The number of hydrogen-bond donors (Lipinski definition) is 1. The Morgan fingerprint density at radius 3 is 2.38 bits per heavy atom. The highest BCUT2D eigenvalue weighted by molar-refractivity contribution is 6.01. The zero-order valence-electron chi connectivity index (χ0n) is 12.9. The Morgan fingerprint density at radius 2 is 1.95 bits per heavy atom. The third-order valence-electron chi connectivity index (χ3n) is 3.20. The first kappa shape index (κ1) is 16.6. The maximum Gasteiger partial charge on any atom is 0.264 e. The van der Waals surface area contributed by atoms with Gasteiger partial charge in [-0.3, -0.25) is 4.79 Å². The summed E-state index contributed by atoms with van der Waals surface area (Å²) in [6.07, 6.45) is 1.41. The highest BCUT2D eigenvalue weighted by Gasteiger charge is 2.13. The molecule has 5 nitrogen and oxygen atoms in total. The maximum atomic E-state index is 11.8. The summed E-state index contributed by atoms with van der Waals surface area (Å²) in [5, 5.41) is 19.2. The van der Waals surface area contributed by atoms with Crippen molar-refractivity contribution in [2.24, 2.45) is 0 Å². The van der Waals surface area contributed by atoms with Crippen molar-refractivity contribution < 1.29 is 9.90 Å². The SMILES string of the molecule is CCN(CC)c1ccc(/C=C(/C#N)C(=O)N(C)C)c(O)c1. The lowest BCUT2D eigenvalue weighted by atomic mass is 10.1. The molecule has 5 heteroatoms. The number of nitriles is 1. The number of anilines is 1. The third-order valence-corrected chi connectivity index (χ3v) is 3.20. The van der Waals surface area contributed by atoms with E-state index in [4.69, 9.17) is 5.26 Å². The average molecular weight is 287 g/mol. The lowest BCUT2D eigenvalue weighted by Crippen LogP contribution is -2.22. The molecule has 0 fully saturated rings. The maximum absolute atomic E-state index is 11.8. The Labute approximate surface area is 125 Å². The summed E-state index contributed by atoms with van der Waals surface area (Å²) in [5.74, 6) is -0.330. The Hall–Kier alpha value is -2.48. The van der Waals surface area contributed by atoms with Crippen LogP contribution < -0.4 is 4.90 Å². The molecule has 0 saturated carbocycles. The van der Waals surface area contributed by atoms with Gasteiger partial charge in [0.2, 0.25) is 0 Å². The zero-order chi connectivity index (χ0) is 16.0. The van der Waals surface area contributed by atoms with Gasteiger partial charge in [-0.15, -0.1) is 0 Å². The normalized spacial score (nSPS) is 10.9. The molecule has 0 spiro atoms. The van der Waals surface area contributed by atoms with Crippen LogP contribution in [0.25, 0.3) is 6.08 Å². The number of carbonyl (C=O) groups excluding carboxylic acids is 1. The zero-order valence-corrected chi connectivity index (χ0v) is 12.9. The summed E-state index contributed by atoms with van der Waals surface area (Å²) in [5.41, 5.74) is 1.36. The van der Waals surface area contributed by atoms with E-state index in [9.17, 15) is 9.90 Å². The largest absolute Gasteiger partial charge is 0.507 e. The van der Waals surface area contributed by atoms with Gasteiger partial charge in [0.25, 0.3) is 5.91 Å². The van der Waals surface area contributed by atoms with E-state index >= 15 is 0 Å².